The Morgan fingerprint density at radius 2 is 1.62 bits per heavy atom. The van der Waals surface area contributed by atoms with Crippen LogP contribution in [0.3, 0.4) is 0 Å². The molecule has 220 valence electrons. The number of aryl methyl sites for hydroxylation is 1. The predicted octanol–water partition coefficient (Wildman–Crippen LogP) is 0.421. The van der Waals surface area contributed by atoms with Crippen molar-refractivity contribution in [1.29, 1.82) is 0 Å². The van der Waals surface area contributed by atoms with E-state index in [1.54, 1.807) is 12.1 Å². The Balaban J connectivity index is 1.28. The first kappa shape index (κ1) is 29.5. The molecule has 3 fully saturated rings. The summed E-state index contributed by atoms with van der Waals surface area (Å²) in [6.45, 7) is 1.59. The van der Waals surface area contributed by atoms with Crippen LogP contribution in [0.5, 0.6) is 0 Å². The highest BCUT2D eigenvalue weighted by molar-refractivity contribution is 7.86. The summed E-state index contributed by atoms with van der Waals surface area (Å²) in [6, 6.07) is 15.2. The predicted molar refractivity (Wildman–Crippen MR) is 136 cm³/mol. The quantitative estimate of drug-likeness (QED) is 0.369. The Hall–Kier alpha value is -2.01. The Labute approximate surface area is 232 Å². The van der Waals surface area contributed by atoms with Crippen LogP contribution >= 0.6 is 0 Å². The Morgan fingerprint density at radius 3 is 2.33 bits per heavy atom. The summed E-state index contributed by atoms with van der Waals surface area (Å²) in [5.74, 6) is 0. The fourth-order valence-electron chi connectivity index (χ4n) is 4.95. The van der Waals surface area contributed by atoms with Gasteiger partial charge in [-0.25, -0.2) is 0 Å². The summed E-state index contributed by atoms with van der Waals surface area (Å²) in [5, 5.41) is 33.0. The number of hydrogen-bond donors (Lipinski definition) is 3. The fourth-order valence-corrected chi connectivity index (χ4v) is 6.03. The van der Waals surface area contributed by atoms with Crippen molar-refractivity contribution in [3.05, 3.63) is 65.7 Å². The van der Waals surface area contributed by atoms with Crippen LogP contribution in [0.15, 0.2) is 59.5 Å². The molecule has 0 radical (unpaired) electrons. The third kappa shape index (κ3) is 6.25. The minimum atomic E-state index is -4.24. The lowest BCUT2D eigenvalue weighted by atomic mass is 9.96. The molecular formula is C27H34O12S. The molecule has 3 N–H and O–H groups in total. The summed E-state index contributed by atoms with van der Waals surface area (Å²) in [5.41, 5.74) is 1.62. The van der Waals surface area contributed by atoms with Crippen LogP contribution in [0.25, 0.3) is 0 Å². The first-order chi connectivity index (χ1) is 19.2. The SMILES string of the molecule is COCC1OCC(OS(=O)(=O)c2ccc(C)cc2)C(O)[C@@H]1O[C@@H]1OC2COC(c3ccccc3)O[C@H]2C(O)C1O. The first-order valence-electron chi connectivity index (χ1n) is 13.0. The van der Waals surface area contributed by atoms with E-state index in [1.165, 1.54) is 19.2 Å². The molecular weight excluding hydrogens is 548 g/mol. The molecule has 0 aromatic heterocycles. The van der Waals surface area contributed by atoms with Crippen molar-refractivity contribution >= 4 is 10.1 Å². The van der Waals surface area contributed by atoms with Gasteiger partial charge in [0.1, 0.15) is 48.8 Å². The van der Waals surface area contributed by atoms with Crippen molar-refractivity contribution in [2.24, 2.45) is 0 Å². The fraction of sp³-hybridized carbons (Fsp3) is 0.556. The largest absolute Gasteiger partial charge is 0.387 e. The Kier molecular flexibility index (Phi) is 9.19. The number of rotatable bonds is 8. The maximum atomic E-state index is 12.9. The lowest BCUT2D eigenvalue weighted by molar-refractivity contribution is -0.376. The van der Waals surface area contributed by atoms with Gasteiger partial charge in [-0.2, -0.15) is 8.42 Å². The van der Waals surface area contributed by atoms with Crippen LogP contribution < -0.4 is 0 Å². The lowest BCUT2D eigenvalue weighted by Crippen LogP contribution is -2.65. The third-order valence-electron chi connectivity index (χ3n) is 7.15. The van der Waals surface area contributed by atoms with E-state index in [4.69, 9.17) is 32.6 Å². The topological polar surface area (TPSA) is 159 Å². The smallest absolute Gasteiger partial charge is 0.297 e. The number of methoxy groups -OCH3 is 1. The number of hydrogen-bond acceptors (Lipinski definition) is 12. The molecule has 0 spiro atoms. The van der Waals surface area contributed by atoms with Crippen LogP contribution in [0.4, 0.5) is 0 Å². The van der Waals surface area contributed by atoms with Gasteiger partial charge in [0.15, 0.2) is 12.6 Å². The Morgan fingerprint density at radius 1 is 0.900 bits per heavy atom. The van der Waals surface area contributed by atoms with Gasteiger partial charge >= 0.3 is 0 Å². The molecule has 13 heteroatoms. The van der Waals surface area contributed by atoms with Crippen molar-refractivity contribution < 1.29 is 56.3 Å². The Bertz CT molecular complexity index is 1210. The van der Waals surface area contributed by atoms with Gasteiger partial charge in [-0.05, 0) is 19.1 Å². The van der Waals surface area contributed by atoms with Crippen LogP contribution in [0, 0.1) is 6.92 Å². The average Bonchev–Trinajstić information content (AvgIpc) is 2.95. The highest BCUT2D eigenvalue weighted by atomic mass is 32.2. The van der Waals surface area contributed by atoms with Crippen molar-refractivity contribution in [2.75, 3.05) is 26.9 Å². The minimum absolute atomic E-state index is 0.0123. The summed E-state index contributed by atoms with van der Waals surface area (Å²) < 4.78 is 65.5. The highest BCUT2D eigenvalue weighted by Crippen LogP contribution is 2.36. The van der Waals surface area contributed by atoms with Gasteiger partial charge in [-0.1, -0.05) is 48.0 Å². The van der Waals surface area contributed by atoms with E-state index in [0.717, 1.165) is 11.1 Å². The summed E-state index contributed by atoms with van der Waals surface area (Å²) in [7, 11) is -2.81. The van der Waals surface area contributed by atoms with Gasteiger partial charge in [-0.15, -0.1) is 0 Å². The minimum Gasteiger partial charge on any atom is -0.387 e. The third-order valence-corrected chi connectivity index (χ3v) is 8.50. The van der Waals surface area contributed by atoms with Crippen LogP contribution in [-0.4, -0.2) is 106 Å². The molecule has 0 saturated carbocycles. The molecule has 7 unspecified atom stereocenters. The molecule has 10 atom stereocenters. The number of benzene rings is 2. The standard InChI is InChI=1S/C27H34O12S/c1-15-8-10-17(11-9-15)40(31,32)39-18-13-34-19(12-33-2)24(21(18)28)38-27-23(30)22(29)25-20(36-27)14-35-26(37-25)16-6-4-3-5-7-16/h3-11,18-30H,12-14H2,1-2H3/t18?,19?,20?,21?,22?,23?,24-,25-,26?,27+/m1/s1. The monoisotopic (exact) mass is 582 g/mol. The average molecular weight is 583 g/mol. The van der Waals surface area contributed by atoms with Crippen molar-refractivity contribution in [1.82, 2.24) is 0 Å². The second-order valence-corrected chi connectivity index (χ2v) is 11.6. The van der Waals surface area contributed by atoms with Crippen molar-refractivity contribution in [3.8, 4) is 0 Å². The molecule has 40 heavy (non-hydrogen) atoms. The second kappa shape index (κ2) is 12.5. The van der Waals surface area contributed by atoms with E-state index in [0.29, 0.717) is 0 Å². The van der Waals surface area contributed by atoms with E-state index >= 15 is 0 Å². The molecule has 0 aliphatic carbocycles. The van der Waals surface area contributed by atoms with Gasteiger partial charge in [0.05, 0.1) is 24.7 Å². The zero-order valence-electron chi connectivity index (χ0n) is 22.0. The lowest BCUT2D eigenvalue weighted by Gasteiger charge is -2.48. The molecule has 2 aromatic carbocycles. The van der Waals surface area contributed by atoms with E-state index in [-0.39, 0.29) is 24.7 Å². The number of aliphatic hydroxyl groups excluding tert-OH is 3. The van der Waals surface area contributed by atoms with Crippen LogP contribution in [0.1, 0.15) is 17.4 Å². The maximum absolute atomic E-state index is 12.9. The van der Waals surface area contributed by atoms with Gasteiger partial charge in [0, 0.05) is 12.7 Å². The molecule has 5 rings (SSSR count). The van der Waals surface area contributed by atoms with E-state index < -0.39 is 71.5 Å². The molecule has 3 aliphatic heterocycles. The maximum Gasteiger partial charge on any atom is 0.297 e. The van der Waals surface area contributed by atoms with Crippen LogP contribution in [-0.2, 0) is 42.7 Å². The molecule has 12 nitrogen and oxygen atoms in total. The van der Waals surface area contributed by atoms with Crippen molar-refractivity contribution in [3.63, 3.8) is 0 Å². The van der Waals surface area contributed by atoms with Gasteiger partial charge in [-0.3, -0.25) is 4.18 Å². The number of fused-ring (bicyclic) bond motifs is 1. The molecule has 0 amide bonds. The second-order valence-electron chi connectivity index (χ2n) is 10.0. The zero-order chi connectivity index (χ0) is 28.4. The molecule has 3 heterocycles. The van der Waals surface area contributed by atoms with Crippen molar-refractivity contribution in [2.45, 2.75) is 73.2 Å². The zero-order valence-corrected chi connectivity index (χ0v) is 22.8. The molecule has 0 bridgehead atoms. The van der Waals surface area contributed by atoms with E-state index in [1.807, 2.05) is 37.3 Å². The summed E-state index contributed by atoms with van der Waals surface area (Å²) >= 11 is 0. The first-order valence-corrected chi connectivity index (χ1v) is 14.4. The normalized spacial score (nSPS) is 36.6. The van der Waals surface area contributed by atoms with Gasteiger partial charge in [0.25, 0.3) is 10.1 Å². The summed E-state index contributed by atoms with van der Waals surface area (Å²) in [6.07, 6.45) is -11.8. The van der Waals surface area contributed by atoms with Gasteiger partial charge < -0.3 is 43.7 Å². The molecule has 3 saturated heterocycles. The number of aliphatic hydroxyl groups is 3. The number of ether oxygens (including phenoxy) is 6. The van der Waals surface area contributed by atoms with Crippen LogP contribution in [0.2, 0.25) is 0 Å². The molecule has 2 aromatic rings. The van der Waals surface area contributed by atoms with E-state index in [2.05, 4.69) is 0 Å². The van der Waals surface area contributed by atoms with Gasteiger partial charge in [0.2, 0.25) is 0 Å². The molecule has 3 aliphatic rings. The van der Waals surface area contributed by atoms with E-state index in [9.17, 15) is 23.7 Å². The highest BCUT2D eigenvalue weighted by Gasteiger charge is 2.52. The summed E-state index contributed by atoms with van der Waals surface area (Å²) in [4.78, 5) is -0.0758.